The molecule has 0 bridgehead atoms. The molecule has 5 nitrogen and oxygen atoms in total. The van der Waals surface area contributed by atoms with Crippen molar-refractivity contribution in [2.45, 2.75) is 6.61 Å². The van der Waals surface area contributed by atoms with Gasteiger partial charge in [0.05, 0.1) is 11.0 Å². The van der Waals surface area contributed by atoms with Crippen molar-refractivity contribution >= 4 is 11.4 Å². The Bertz CT molecular complexity index is 632. The maximum atomic E-state index is 13.4. The van der Waals surface area contributed by atoms with Crippen LogP contribution in [0.5, 0.6) is 5.75 Å². The molecule has 0 spiro atoms. The maximum absolute atomic E-state index is 13.4. The molecule has 0 fully saturated rings. The first-order valence-corrected chi connectivity index (χ1v) is 5.93. The molecule has 0 amide bonds. The summed E-state index contributed by atoms with van der Waals surface area (Å²) in [5.74, 6) is -0.0569. The number of anilines is 1. The molecule has 0 aliphatic heterocycles. The second kappa shape index (κ2) is 6.01. The van der Waals surface area contributed by atoms with Gasteiger partial charge in [0.2, 0.25) is 0 Å². The predicted molar refractivity (Wildman–Crippen MR) is 73.4 cm³/mol. The first-order chi connectivity index (χ1) is 9.60. The van der Waals surface area contributed by atoms with Gasteiger partial charge in [-0.05, 0) is 6.07 Å². The Morgan fingerprint density at radius 1 is 1.30 bits per heavy atom. The molecule has 0 aliphatic carbocycles. The van der Waals surface area contributed by atoms with Gasteiger partial charge in [0.25, 0.3) is 5.69 Å². The summed E-state index contributed by atoms with van der Waals surface area (Å²) in [6.45, 7) is 0.0109. The van der Waals surface area contributed by atoms with E-state index in [0.29, 0.717) is 17.0 Å². The fourth-order valence-electron chi connectivity index (χ4n) is 1.69. The van der Waals surface area contributed by atoms with Crippen LogP contribution in [0.1, 0.15) is 5.56 Å². The summed E-state index contributed by atoms with van der Waals surface area (Å²) in [7, 11) is 1.65. The van der Waals surface area contributed by atoms with E-state index in [9.17, 15) is 14.5 Å². The number of ether oxygens (including phenoxy) is 1. The zero-order chi connectivity index (χ0) is 14.5. The van der Waals surface area contributed by atoms with Crippen LogP contribution >= 0.6 is 0 Å². The third-order valence-corrected chi connectivity index (χ3v) is 2.74. The Morgan fingerprint density at radius 2 is 2.05 bits per heavy atom. The summed E-state index contributed by atoms with van der Waals surface area (Å²) in [6, 6.07) is 10.6. The summed E-state index contributed by atoms with van der Waals surface area (Å²) in [6.07, 6.45) is 0. The molecule has 0 radical (unpaired) electrons. The molecule has 0 unspecified atom stereocenters. The van der Waals surface area contributed by atoms with Gasteiger partial charge < -0.3 is 10.1 Å². The van der Waals surface area contributed by atoms with E-state index in [0.717, 1.165) is 0 Å². The number of hydrogen-bond acceptors (Lipinski definition) is 4. The van der Waals surface area contributed by atoms with Gasteiger partial charge >= 0.3 is 0 Å². The van der Waals surface area contributed by atoms with Crippen molar-refractivity contribution in [3.8, 4) is 5.75 Å². The SMILES string of the molecule is CNc1cc(OCc2ccccc2F)cc([N+](=O)[O-])c1. The van der Waals surface area contributed by atoms with Crippen LogP contribution in [0.25, 0.3) is 0 Å². The van der Waals surface area contributed by atoms with E-state index < -0.39 is 4.92 Å². The molecule has 20 heavy (non-hydrogen) atoms. The maximum Gasteiger partial charge on any atom is 0.275 e. The molecule has 0 saturated heterocycles. The van der Waals surface area contributed by atoms with Crippen LogP contribution in [-0.2, 0) is 6.61 Å². The van der Waals surface area contributed by atoms with Crippen LogP contribution in [0.2, 0.25) is 0 Å². The van der Waals surface area contributed by atoms with Gasteiger partial charge in [0, 0.05) is 30.4 Å². The number of nitro groups is 1. The molecule has 0 saturated carbocycles. The largest absolute Gasteiger partial charge is 0.488 e. The predicted octanol–water partition coefficient (Wildman–Crippen LogP) is 3.35. The lowest BCUT2D eigenvalue weighted by Crippen LogP contribution is -2.00. The van der Waals surface area contributed by atoms with Crippen LogP contribution in [0.4, 0.5) is 15.8 Å². The Kier molecular flexibility index (Phi) is 4.14. The standard InChI is InChI=1S/C14H13FN2O3/c1-16-11-6-12(17(18)19)8-13(7-11)20-9-10-4-2-3-5-14(10)15/h2-8,16H,9H2,1H3. The summed E-state index contributed by atoms with van der Waals surface area (Å²) in [5, 5.41) is 13.6. The third kappa shape index (κ3) is 3.23. The molecule has 0 atom stereocenters. The van der Waals surface area contributed by atoms with Gasteiger partial charge in [-0.25, -0.2) is 4.39 Å². The molecule has 104 valence electrons. The van der Waals surface area contributed by atoms with Crippen LogP contribution in [0, 0.1) is 15.9 Å². The van der Waals surface area contributed by atoms with Crippen LogP contribution < -0.4 is 10.1 Å². The van der Waals surface area contributed by atoms with Crippen LogP contribution in [0.3, 0.4) is 0 Å². The van der Waals surface area contributed by atoms with E-state index >= 15 is 0 Å². The number of non-ortho nitro benzene ring substituents is 1. The molecule has 0 aromatic heterocycles. The van der Waals surface area contributed by atoms with E-state index in [2.05, 4.69) is 5.32 Å². The van der Waals surface area contributed by atoms with Crippen LogP contribution in [-0.4, -0.2) is 12.0 Å². The number of nitrogens with zero attached hydrogens (tertiary/aromatic N) is 1. The fraction of sp³-hybridized carbons (Fsp3) is 0.143. The molecule has 0 aliphatic rings. The Morgan fingerprint density at radius 3 is 2.70 bits per heavy atom. The smallest absolute Gasteiger partial charge is 0.275 e. The van der Waals surface area contributed by atoms with Crippen LogP contribution in [0.15, 0.2) is 42.5 Å². The second-order valence-electron chi connectivity index (χ2n) is 4.10. The van der Waals surface area contributed by atoms with E-state index in [4.69, 9.17) is 4.74 Å². The van der Waals surface area contributed by atoms with Crippen molar-refractivity contribution in [2.75, 3.05) is 12.4 Å². The monoisotopic (exact) mass is 276 g/mol. The van der Waals surface area contributed by atoms with Crippen molar-refractivity contribution in [1.82, 2.24) is 0 Å². The van der Waals surface area contributed by atoms with Crippen molar-refractivity contribution < 1.29 is 14.1 Å². The lowest BCUT2D eigenvalue weighted by atomic mass is 10.2. The lowest BCUT2D eigenvalue weighted by Gasteiger charge is -2.09. The summed E-state index contributed by atoms with van der Waals surface area (Å²) >= 11 is 0. The summed E-state index contributed by atoms with van der Waals surface area (Å²) in [4.78, 5) is 10.3. The molecule has 2 aromatic carbocycles. The van der Waals surface area contributed by atoms with E-state index in [1.54, 1.807) is 31.3 Å². The summed E-state index contributed by atoms with van der Waals surface area (Å²) < 4.78 is 18.9. The topological polar surface area (TPSA) is 64.4 Å². The minimum Gasteiger partial charge on any atom is -0.488 e. The van der Waals surface area contributed by atoms with Crippen molar-refractivity contribution in [1.29, 1.82) is 0 Å². The Balaban J connectivity index is 2.19. The minimum atomic E-state index is -0.503. The van der Waals surface area contributed by atoms with E-state index in [-0.39, 0.29) is 18.1 Å². The number of rotatable bonds is 5. The molecular weight excluding hydrogens is 263 g/mol. The highest BCUT2D eigenvalue weighted by atomic mass is 19.1. The molecular formula is C14H13FN2O3. The zero-order valence-electron chi connectivity index (χ0n) is 10.8. The van der Waals surface area contributed by atoms with E-state index in [1.807, 2.05) is 0 Å². The minimum absolute atomic E-state index is 0.0109. The van der Waals surface area contributed by atoms with Gasteiger partial charge in [-0.3, -0.25) is 10.1 Å². The van der Waals surface area contributed by atoms with E-state index in [1.165, 1.54) is 18.2 Å². The number of benzene rings is 2. The fourth-order valence-corrected chi connectivity index (χ4v) is 1.69. The molecule has 0 heterocycles. The lowest BCUT2D eigenvalue weighted by molar-refractivity contribution is -0.384. The molecule has 2 aromatic rings. The highest BCUT2D eigenvalue weighted by Crippen LogP contribution is 2.26. The second-order valence-corrected chi connectivity index (χ2v) is 4.10. The first-order valence-electron chi connectivity index (χ1n) is 5.93. The van der Waals surface area contributed by atoms with Gasteiger partial charge in [-0.2, -0.15) is 0 Å². The van der Waals surface area contributed by atoms with Gasteiger partial charge in [-0.15, -0.1) is 0 Å². The van der Waals surface area contributed by atoms with Crippen molar-refractivity contribution in [3.05, 3.63) is 64.0 Å². The van der Waals surface area contributed by atoms with Crippen molar-refractivity contribution in [2.24, 2.45) is 0 Å². The first kappa shape index (κ1) is 13.8. The molecule has 2 rings (SSSR count). The average molecular weight is 276 g/mol. The number of nitro benzene ring substituents is 1. The Labute approximate surface area is 115 Å². The number of nitrogens with one attached hydrogen (secondary N) is 1. The zero-order valence-corrected chi connectivity index (χ0v) is 10.8. The molecule has 1 N–H and O–H groups in total. The average Bonchev–Trinajstić information content (AvgIpc) is 2.46. The number of hydrogen-bond donors (Lipinski definition) is 1. The van der Waals surface area contributed by atoms with Crippen molar-refractivity contribution in [3.63, 3.8) is 0 Å². The molecule has 6 heteroatoms. The quantitative estimate of drug-likeness (QED) is 0.671. The van der Waals surface area contributed by atoms with Gasteiger partial charge in [0.1, 0.15) is 18.2 Å². The van der Waals surface area contributed by atoms with Gasteiger partial charge in [0.15, 0.2) is 0 Å². The third-order valence-electron chi connectivity index (χ3n) is 2.74. The highest BCUT2D eigenvalue weighted by Gasteiger charge is 2.10. The number of halogens is 1. The Hall–Kier alpha value is -2.63. The normalized spacial score (nSPS) is 10.1. The van der Waals surface area contributed by atoms with Gasteiger partial charge in [-0.1, -0.05) is 18.2 Å². The summed E-state index contributed by atoms with van der Waals surface area (Å²) in [5.41, 5.74) is 0.869. The highest BCUT2D eigenvalue weighted by molar-refractivity contribution is 5.56.